The van der Waals surface area contributed by atoms with E-state index >= 15 is 0 Å². The van der Waals surface area contributed by atoms with Crippen LogP contribution in [-0.2, 0) is 26.0 Å². The van der Waals surface area contributed by atoms with Gasteiger partial charge in [0.15, 0.2) is 0 Å². The van der Waals surface area contributed by atoms with Gasteiger partial charge in [0.05, 0.1) is 12.0 Å². The van der Waals surface area contributed by atoms with Crippen LogP contribution in [0.25, 0.3) is 0 Å². The van der Waals surface area contributed by atoms with Gasteiger partial charge in [-0.2, -0.15) is 0 Å². The van der Waals surface area contributed by atoms with Crippen LogP contribution in [0.15, 0.2) is 53.4 Å². The van der Waals surface area contributed by atoms with Crippen LogP contribution < -0.4 is 4.72 Å². The minimum atomic E-state index is -3.77. The summed E-state index contributed by atoms with van der Waals surface area (Å²) in [5.74, 6) is -0.700. The molecule has 7 heteroatoms. The third-order valence-corrected chi connectivity index (χ3v) is 6.46. The summed E-state index contributed by atoms with van der Waals surface area (Å²) in [5, 5.41) is 0. The number of aryl methyl sites for hydroxylation is 1. The molecule has 1 atom stereocenters. The molecule has 0 bridgehead atoms. The summed E-state index contributed by atoms with van der Waals surface area (Å²) >= 11 is 0. The minimum Gasteiger partial charge on any atom is -0.469 e. The molecule has 0 spiro atoms. The summed E-state index contributed by atoms with van der Waals surface area (Å²) in [6, 6.07) is 12.2. The molecule has 2 aromatic rings. The van der Waals surface area contributed by atoms with E-state index in [1.165, 1.54) is 19.2 Å². The molecule has 5 nitrogen and oxygen atoms in total. The van der Waals surface area contributed by atoms with Crippen molar-refractivity contribution in [2.24, 2.45) is 0 Å². The fourth-order valence-electron chi connectivity index (χ4n) is 3.22. The summed E-state index contributed by atoms with van der Waals surface area (Å²) in [7, 11) is -2.39. The van der Waals surface area contributed by atoms with Gasteiger partial charge in [-0.05, 0) is 54.7 Å². The lowest BCUT2D eigenvalue weighted by Crippen LogP contribution is -2.28. The predicted octanol–water partition coefficient (Wildman–Crippen LogP) is 4.92. The van der Waals surface area contributed by atoms with Crippen LogP contribution in [0, 0.1) is 5.82 Å². The van der Waals surface area contributed by atoms with Crippen LogP contribution in [0.1, 0.15) is 62.6 Å². The second kappa shape index (κ2) is 11.8. The number of carbonyl (C=O) groups is 1. The number of esters is 1. The monoisotopic (exact) mass is 435 g/mol. The quantitative estimate of drug-likeness (QED) is 0.379. The molecular formula is C23H30FNO4S. The van der Waals surface area contributed by atoms with Gasteiger partial charge in [0.25, 0.3) is 0 Å². The Morgan fingerprint density at radius 3 is 2.30 bits per heavy atom. The first-order valence-corrected chi connectivity index (χ1v) is 11.8. The lowest BCUT2D eigenvalue weighted by Gasteiger charge is -2.20. The third-order valence-electron chi connectivity index (χ3n) is 4.97. The normalized spacial score (nSPS) is 12.5. The first-order chi connectivity index (χ1) is 14.4. The highest BCUT2D eigenvalue weighted by atomic mass is 32.2. The van der Waals surface area contributed by atoms with Crippen molar-refractivity contribution in [1.29, 1.82) is 0 Å². The van der Waals surface area contributed by atoms with Gasteiger partial charge in [0.1, 0.15) is 5.82 Å². The Morgan fingerprint density at radius 2 is 1.70 bits per heavy atom. The molecule has 0 aliphatic carbocycles. The second-order valence-corrected chi connectivity index (χ2v) is 9.01. The fourth-order valence-corrected chi connectivity index (χ4v) is 4.48. The highest BCUT2D eigenvalue weighted by molar-refractivity contribution is 7.89. The van der Waals surface area contributed by atoms with Crippen molar-refractivity contribution < 1.29 is 22.3 Å². The average molecular weight is 436 g/mol. The molecule has 2 rings (SSSR count). The number of sulfonamides is 1. The zero-order chi connectivity index (χ0) is 22.0. The molecule has 0 radical (unpaired) electrons. The van der Waals surface area contributed by atoms with Crippen LogP contribution in [0.2, 0.25) is 0 Å². The third kappa shape index (κ3) is 7.54. The van der Waals surface area contributed by atoms with E-state index in [1.54, 1.807) is 0 Å². The maximum Gasteiger partial charge on any atom is 0.305 e. The van der Waals surface area contributed by atoms with E-state index in [-0.39, 0.29) is 16.9 Å². The molecule has 0 heterocycles. The number of nitrogens with one attached hydrogen (secondary N) is 1. The number of hydrogen-bond donors (Lipinski definition) is 1. The molecule has 0 fully saturated rings. The Bertz CT molecular complexity index is 896. The van der Waals surface area contributed by atoms with Gasteiger partial charge in [-0.3, -0.25) is 4.79 Å². The Morgan fingerprint density at radius 1 is 1.03 bits per heavy atom. The summed E-state index contributed by atoms with van der Waals surface area (Å²) < 4.78 is 46.2. The van der Waals surface area contributed by atoms with E-state index in [1.807, 2.05) is 24.3 Å². The van der Waals surface area contributed by atoms with Crippen LogP contribution in [0.4, 0.5) is 4.39 Å². The maximum absolute atomic E-state index is 13.2. The van der Waals surface area contributed by atoms with Crippen molar-refractivity contribution >= 4 is 16.0 Å². The molecule has 0 amide bonds. The number of halogens is 1. The van der Waals surface area contributed by atoms with Gasteiger partial charge in [0.2, 0.25) is 10.0 Å². The zero-order valence-corrected chi connectivity index (χ0v) is 18.4. The molecule has 0 aliphatic rings. The summed E-state index contributed by atoms with van der Waals surface area (Å²) in [5.41, 5.74) is 1.96. The predicted molar refractivity (Wildman–Crippen MR) is 115 cm³/mol. The van der Waals surface area contributed by atoms with Crippen molar-refractivity contribution in [3.63, 3.8) is 0 Å². The Labute approximate surface area is 178 Å². The number of ether oxygens (including phenoxy) is 1. The molecule has 30 heavy (non-hydrogen) atoms. The number of methoxy groups -OCH3 is 1. The molecular weight excluding hydrogens is 405 g/mol. The SMILES string of the molecule is CCCCCC(NS(=O)(=O)c1ccc(F)cc1)c1ccc(CCCC(=O)OC)cc1. The van der Waals surface area contributed by atoms with Crippen molar-refractivity contribution in [2.45, 2.75) is 62.8 Å². The smallest absolute Gasteiger partial charge is 0.305 e. The standard InChI is InChI=1S/C23H30FNO4S/c1-3-4-5-8-22(25-30(27,28)21-16-14-20(24)15-17-21)19-12-10-18(11-13-19)7-6-9-23(26)29-2/h10-17,22,25H,3-9H2,1-2H3. The first kappa shape index (κ1) is 24.0. The van der Waals surface area contributed by atoms with Gasteiger partial charge in [-0.1, -0.05) is 50.5 Å². The van der Waals surface area contributed by atoms with Gasteiger partial charge in [-0.25, -0.2) is 17.5 Å². The van der Waals surface area contributed by atoms with Crippen LogP contribution in [-0.4, -0.2) is 21.5 Å². The van der Waals surface area contributed by atoms with Gasteiger partial charge >= 0.3 is 5.97 Å². The van der Waals surface area contributed by atoms with Crippen molar-refractivity contribution in [1.82, 2.24) is 4.72 Å². The van der Waals surface area contributed by atoms with Crippen LogP contribution in [0.5, 0.6) is 0 Å². The van der Waals surface area contributed by atoms with E-state index in [2.05, 4.69) is 16.4 Å². The summed E-state index contributed by atoms with van der Waals surface area (Å²) in [4.78, 5) is 11.3. The zero-order valence-electron chi connectivity index (χ0n) is 17.6. The molecule has 0 aliphatic heterocycles. The number of rotatable bonds is 12. The van der Waals surface area contributed by atoms with E-state index in [9.17, 15) is 17.6 Å². The average Bonchev–Trinajstić information content (AvgIpc) is 2.74. The maximum atomic E-state index is 13.2. The lowest BCUT2D eigenvalue weighted by molar-refractivity contribution is -0.140. The largest absolute Gasteiger partial charge is 0.469 e. The highest BCUT2D eigenvalue weighted by Crippen LogP contribution is 2.24. The van der Waals surface area contributed by atoms with Gasteiger partial charge in [-0.15, -0.1) is 0 Å². The number of unbranched alkanes of at least 4 members (excludes halogenated alkanes) is 2. The molecule has 0 saturated carbocycles. The molecule has 0 saturated heterocycles. The van der Waals surface area contributed by atoms with Crippen molar-refractivity contribution in [3.8, 4) is 0 Å². The van der Waals surface area contributed by atoms with Crippen LogP contribution in [0.3, 0.4) is 0 Å². The molecule has 2 aromatic carbocycles. The topological polar surface area (TPSA) is 72.5 Å². The fraction of sp³-hybridized carbons (Fsp3) is 0.435. The second-order valence-electron chi connectivity index (χ2n) is 7.29. The van der Waals surface area contributed by atoms with E-state index in [4.69, 9.17) is 0 Å². The Kier molecular flexibility index (Phi) is 9.46. The minimum absolute atomic E-state index is 0.0452. The number of hydrogen-bond acceptors (Lipinski definition) is 4. The van der Waals surface area contributed by atoms with Crippen LogP contribution >= 0.6 is 0 Å². The Hall–Kier alpha value is -2.25. The first-order valence-electron chi connectivity index (χ1n) is 10.3. The summed E-state index contributed by atoms with van der Waals surface area (Å²) in [6.07, 6.45) is 5.44. The summed E-state index contributed by atoms with van der Waals surface area (Å²) in [6.45, 7) is 2.10. The van der Waals surface area contributed by atoms with Gasteiger partial charge in [0, 0.05) is 12.5 Å². The van der Waals surface area contributed by atoms with E-state index < -0.39 is 15.8 Å². The van der Waals surface area contributed by atoms with Gasteiger partial charge < -0.3 is 4.74 Å². The van der Waals surface area contributed by atoms with E-state index in [0.29, 0.717) is 19.3 Å². The number of carbonyl (C=O) groups excluding carboxylic acids is 1. The molecule has 1 unspecified atom stereocenters. The Balaban J connectivity index is 2.11. The lowest BCUT2D eigenvalue weighted by atomic mass is 9.99. The molecule has 1 N–H and O–H groups in total. The molecule has 0 aromatic heterocycles. The van der Waals surface area contributed by atoms with Crippen molar-refractivity contribution in [3.05, 3.63) is 65.5 Å². The number of benzene rings is 2. The highest BCUT2D eigenvalue weighted by Gasteiger charge is 2.21. The van der Waals surface area contributed by atoms with Crippen molar-refractivity contribution in [2.75, 3.05) is 7.11 Å². The molecule has 164 valence electrons. The van der Waals surface area contributed by atoms with E-state index in [0.717, 1.165) is 48.9 Å².